The number of alkyl halides is 1. The van der Waals surface area contributed by atoms with Gasteiger partial charge in [0.2, 0.25) is 11.8 Å². The minimum Gasteiger partial charge on any atom is -0.326 e. The van der Waals surface area contributed by atoms with E-state index < -0.39 is 0 Å². The number of anilines is 2. The fourth-order valence-electron chi connectivity index (χ4n) is 1.44. The Morgan fingerprint density at radius 2 is 1.72 bits per heavy atom. The van der Waals surface area contributed by atoms with Crippen LogP contribution < -0.4 is 10.6 Å². The third kappa shape index (κ3) is 4.04. The van der Waals surface area contributed by atoms with E-state index in [0.717, 1.165) is 5.56 Å². The number of rotatable bonds is 5. The molecule has 0 aliphatic carbocycles. The van der Waals surface area contributed by atoms with Crippen molar-refractivity contribution in [2.45, 2.75) is 26.7 Å². The number of hydrogen-bond acceptors (Lipinski definition) is 2. The molecule has 0 atom stereocenters. The quantitative estimate of drug-likeness (QED) is 0.807. The molecule has 0 heterocycles. The van der Waals surface area contributed by atoms with Gasteiger partial charge in [0.25, 0.3) is 0 Å². The first-order valence-corrected chi connectivity index (χ1v) is 6.37. The average Bonchev–Trinajstić information content (AvgIpc) is 2.34. The highest BCUT2D eigenvalue weighted by Crippen LogP contribution is 2.23. The van der Waals surface area contributed by atoms with Gasteiger partial charge in [-0.1, -0.05) is 13.0 Å². The Kier molecular flexibility index (Phi) is 5.65. The Morgan fingerprint density at radius 1 is 1.17 bits per heavy atom. The van der Waals surface area contributed by atoms with Gasteiger partial charge >= 0.3 is 0 Å². The monoisotopic (exact) mass is 268 g/mol. The molecule has 0 aliphatic heterocycles. The largest absolute Gasteiger partial charge is 0.326 e. The van der Waals surface area contributed by atoms with Crippen LogP contribution >= 0.6 is 11.6 Å². The second kappa shape index (κ2) is 7.01. The Labute approximate surface area is 112 Å². The molecule has 0 aromatic heterocycles. The summed E-state index contributed by atoms with van der Waals surface area (Å²) in [5.74, 6) is 0.103. The zero-order valence-electron chi connectivity index (χ0n) is 10.5. The second-order valence-corrected chi connectivity index (χ2v) is 4.24. The van der Waals surface area contributed by atoms with Crippen LogP contribution in [0, 0.1) is 6.92 Å². The van der Waals surface area contributed by atoms with Gasteiger partial charge < -0.3 is 10.6 Å². The molecule has 5 heteroatoms. The van der Waals surface area contributed by atoms with E-state index in [2.05, 4.69) is 10.6 Å². The maximum absolute atomic E-state index is 11.5. The van der Waals surface area contributed by atoms with E-state index in [0.29, 0.717) is 17.8 Å². The highest BCUT2D eigenvalue weighted by atomic mass is 35.5. The summed E-state index contributed by atoms with van der Waals surface area (Å²) in [6, 6.07) is 5.39. The summed E-state index contributed by atoms with van der Waals surface area (Å²) in [4.78, 5) is 22.8. The molecule has 0 spiro atoms. The molecule has 0 bridgehead atoms. The van der Waals surface area contributed by atoms with Crippen molar-refractivity contribution in [2.75, 3.05) is 16.5 Å². The molecule has 0 saturated heterocycles. The molecule has 18 heavy (non-hydrogen) atoms. The lowest BCUT2D eigenvalue weighted by Crippen LogP contribution is -2.15. The third-order valence-electron chi connectivity index (χ3n) is 2.52. The van der Waals surface area contributed by atoms with Crippen molar-refractivity contribution in [3.8, 4) is 0 Å². The number of amides is 2. The highest BCUT2D eigenvalue weighted by Gasteiger charge is 2.08. The van der Waals surface area contributed by atoms with Gasteiger partial charge in [0.05, 0.1) is 0 Å². The summed E-state index contributed by atoms with van der Waals surface area (Å²) < 4.78 is 0. The summed E-state index contributed by atoms with van der Waals surface area (Å²) in [5.41, 5.74) is 2.24. The molecule has 0 unspecified atom stereocenters. The molecule has 1 rings (SSSR count). The van der Waals surface area contributed by atoms with E-state index in [1.54, 1.807) is 25.1 Å². The Morgan fingerprint density at radius 3 is 2.22 bits per heavy atom. The first-order chi connectivity index (χ1) is 8.58. The lowest BCUT2D eigenvalue weighted by atomic mass is 10.1. The van der Waals surface area contributed by atoms with Crippen LogP contribution in [-0.4, -0.2) is 17.7 Å². The molecular weight excluding hydrogens is 252 g/mol. The predicted octanol–water partition coefficient (Wildman–Crippen LogP) is 2.91. The number of halogens is 1. The van der Waals surface area contributed by atoms with Crippen molar-refractivity contribution in [3.63, 3.8) is 0 Å². The minimum absolute atomic E-state index is 0.0534. The average molecular weight is 269 g/mol. The predicted molar refractivity (Wildman–Crippen MR) is 74.1 cm³/mol. The fraction of sp³-hybridized carbons (Fsp3) is 0.385. The van der Waals surface area contributed by atoms with Crippen molar-refractivity contribution >= 4 is 34.8 Å². The van der Waals surface area contributed by atoms with Gasteiger partial charge in [0, 0.05) is 30.1 Å². The van der Waals surface area contributed by atoms with Gasteiger partial charge in [-0.15, -0.1) is 11.6 Å². The van der Waals surface area contributed by atoms with Gasteiger partial charge in [-0.05, 0) is 24.6 Å². The summed E-state index contributed by atoms with van der Waals surface area (Å²) in [6.07, 6.45) is 0.689. The standard InChI is InChI=1S/C13H17ClN2O2/c1-3-12(17)15-10-5-4-6-11(9(10)2)16-13(18)7-8-14/h4-6H,3,7-8H2,1-2H3,(H,15,17)(H,16,18). The fourth-order valence-corrected chi connectivity index (χ4v) is 1.62. The molecule has 2 N–H and O–H groups in total. The Hall–Kier alpha value is -1.55. The van der Waals surface area contributed by atoms with E-state index in [1.165, 1.54) is 0 Å². The van der Waals surface area contributed by atoms with Crippen LogP contribution in [0.4, 0.5) is 11.4 Å². The van der Waals surface area contributed by atoms with Crippen LogP contribution in [0.15, 0.2) is 18.2 Å². The second-order valence-electron chi connectivity index (χ2n) is 3.87. The molecule has 1 aromatic carbocycles. The number of hydrogen-bond donors (Lipinski definition) is 2. The number of carbonyl (C=O) groups is 2. The summed E-state index contributed by atoms with van der Waals surface area (Å²) in [7, 11) is 0. The zero-order chi connectivity index (χ0) is 13.5. The van der Waals surface area contributed by atoms with Gasteiger partial charge in [0.1, 0.15) is 0 Å². The van der Waals surface area contributed by atoms with Crippen molar-refractivity contribution in [3.05, 3.63) is 23.8 Å². The maximum Gasteiger partial charge on any atom is 0.225 e. The van der Waals surface area contributed by atoms with Crippen molar-refractivity contribution < 1.29 is 9.59 Å². The van der Waals surface area contributed by atoms with Crippen LogP contribution in [0.1, 0.15) is 25.3 Å². The van der Waals surface area contributed by atoms with Crippen molar-refractivity contribution in [1.29, 1.82) is 0 Å². The van der Waals surface area contributed by atoms with Gasteiger partial charge in [-0.25, -0.2) is 0 Å². The smallest absolute Gasteiger partial charge is 0.225 e. The molecule has 98 valence electrons. The van der Waals surface area contributed by atoms with E-state index in [-0.39, 0.29) is 24.1 Å². The molecule has 2 amide bonds. The summed E-state index contributed by atoms with van der Waals surface area (Å²) in [6.45, 7) is 3.64. The van der Waals surface area contributed by atoms with Crippen molar-refractivity contribution in [1.82, 2.24) is 0 Å². The van der Waals surface area contributed by atoms with Crippen LogP contribution in [0.25, 0.3) is 0 Å². The van der Waals surface area contributed by atoms with Gasteiger partial charge in [-0.2, -0.15) is 0 Å². The van der Waals surface area contributed by atoms with Crippen LogP contribution in [0.2, 0.25) is 0 Å². The Balaban J connectivity index is 2.84. The first kappa shape index (κ1) is 14.5. The normalized spacial score (nSPS) is 9.94. The molecule has 0 aliphatic rings. The zero-order valence-corrected chi connectivity index (χ0v) is 11.3. The molecule has 0 saturated carbocycles. The molecule has 0 radical (unpaired) electrons. The van der Waals surface area contributed by atoms with E-state index in [9.17, 15) is 9.59 Å². The summed E-state index contributed by atoms with van der Waals surface area (Å²) >= 11 is 5.50. The van der Waals surface area contributed by atoms with Crippen molar-refractivity contribution in [2.24, 2.45) is 0 Å². The number of benzene rings is 1. The molecular formula is C13H17ClN2O2. The van der Waals surface area contributed by atoms with Crippen LogP contribution in [0.3, 0.4) is 0 Å². The van der Waals surface area contributed by atoms with E-state index >= 15 is 0 Å². The molecule has 4 nitrogen and oxygen atoms in total. The minimum atomic E-state index is -0.132. The molecule has 1 aromatic rings. The van der Waals surface area contributed by atoms with E-state index in [4.69, 9.17) is 11.6 Å². The molecule has 0 fully saturated rings. The SMILES string of the molecule is CCC(=O)Nc1cccc(NC(=O)CCCl)c1C. The lowest BCUT2D eigenvalue weighted by molar-refractivity contribution is -0.116. The third-order valence-corrected chi connectivity index (χ3v) is 2.71. The van der Waals surface area contributed by atoms with Gasteiger partial charge in [-0.3, -0.25) is 9.59 Å². The summed E-state index contributed by atoms with van der Waals surface area (Å²) in [5, 5.41) is 5.56. The van der Waals surface area contributed by atoms with E-state index in [1.807, 2.05) is 6.92 Å². The van der Waals surface area contributed by atoms with Gasteiger partial charge in [0.15, 0.2) is 0 Å². The maximum atomic E-state index is 11.5. The first-order valence-electron chi connectivity index (χ1n) is 5.83. The van der Waals surface area contributed by atoms with Crippen LogP contribution in [0.5, 0.6) is 0 Å². The van der Waals surface area contributed by atoms with Crippen LogP contribution in [-0.2, 0) is 9.59 Å². The number of nitrogens with one attached hydrogen (secondary N) is 2. The Bertz CT molecular complexity index is 447. The number of carbonyl (C=O) groups excluding carboxylic acids is 2. The lowest BCUT2D eigenvalue weighted by Gasteiger charge is -2.12. The highest BCUT2D eigenvalue weighted by molar-refractivity contribution is 6.19. The topological polar surface area (TPSA) is 58.2 Å².